The van der Waals surface area contributed by atoms with Crippen LogP contribution < -0.4 is 0 Å². The lowest BCUT2D eigenvalue weighted by molar-refractivity contribution is 0.602. The first-order chi connectivity index (χ1) is 7.59. The predicted molar refractivity (Wildman–Crippen MR) is 61.6 cm³/mol. The Hall–Kier alpha value is -1.68. The van der Waals surface area contributed by atoms with Crippen LogP contribution in [0, 0.1) is 6.20 Å². The number of hydrogen-bond donors (Lipinski definition) is 0. The molecule has 0 bridgehead atoms. The van der Waals surface area contributed by atoms with Gasteiger partial charge >= 0.3 is 0 Å². The van der Waals surface area contributed by atoms with E-state index in [0.29, 0.717) is 5.56 Å². The van der Waals surface area contributed by atoms with Gasteiger partial charge in [0.15, 0.2) is 9.84 Å². The van der Waals surface area contributed by atoms with E-state index in [4.69, 9.17) is 0 Å². The number of aromatic nitrogens is 1. The Balaban J connectivity index is 2.68. The summed E-state index contributed by atoms with van der Waals surface area (Å²) in [6, 6.07) is 10.7. The summed E-state index contributed by atoms with van der Waals surface area (Å²) in [4.78, 5) is 4.10. The summed E-state index contributed by atoms with van der Waals surface area (Å²) < 4.78 is 23.2. The van der Waals surface area contributed by atoms with Crippen LogP contribution >= 0.6 is 0 Å². The third kappa shape index (κ3) is 2.12. The highest BCUT2D eigenvalue weighted by atomic mass is 32.2. The van der Waals surface area contributed by atoms with Gasteiger partial charge in [0.2, 0.25) is 0 Å². The maximum Gasteiger partial charge on any atom is 0.176 e. The van der Waals surface area contributed by atoms with Crippen molar-refractivity contribution in [2.45, 2.75) is 4.90 Å². The molecule has 2 rings (SSSR count). The fourth-order valence-electron chi connectivity index (χ4n) is 1.47. The molecule has 0 amide bonds. The third-order valence-electron chi connectivity index (χ3n) is 2.19. The smallest absolute Gasteiger partial charge is 0.176 e. The van der Waals surface area contributed by atoms with Crippen LogP contribution in [-0.4, -0.2) is 19.7 Å². The van der Waals surface area contributed by atoms with Crippen LogP contribution in [0.2, 0.25) is 0 Å². The second kappa shape index (κ2) is 4.06. The van der Waals surface area contributed by atoms with Crippen molar-refractivity contribution in [2.75, 3.05) is 6.26 Å². The zero-order valence-electron chi connectivity index (χ0n) is 8.71. The maximum atomic E-state index is 11.6. The van der Waals surface area contributed by atoms with Crippen molar-refractivity contribution < 1.29 is 8.42 Å². The summed E-state index contributed by atoms with van der Waals surface area (Å²) >= 11 is 0. The number of nitrogens with zero attached hydrogens (tertiary/aromatic N) is 1. The van der Waals surface area contributed by atoms with E-state index >= 15 is 0 Å². The molecule has 3 nitrogen and oxygen atoms in total. The quantitative estimate of drug-likeness (QED) is 0.795. The lowest BCUT2D eigenvalue weighted by atomic mass is 10.1. The van der Waals surface area contributed by atoms with Crippen LogP contribution in [0.15, 0.2) is 47.5 Å². The number of hydrogen-bond acceptors (Lipinski definition) is 3. The topological polar surface area (TPSA) is 47.0 Å². The molecular weight excluding hydrogens is 222 g/mol. The van der Waals surface area contributed by atoms with E-state index < -0.39 is 9.84 Å². The van der Waals surface area contributed by atoms with Crippen LogP contribution in [0.1, 0.15) is 0 Å². The Bertz CT molecular complexity index is 591. The molecule has 0 unspecified atom stereocenters. The number of sulfone groups is 1. The molecule has 0 N–H and O–H groups in total. The molecular formula is C12H10NO2S. The fourth-order valence-corrected chi connectivity index (χ4v) is 2.31. The maximum absolute atomic E-state index is 11.6. The van der Waals surface area contributed by atoms with Crippen LogP contribution in [0.3, 0.4) is 0 Å². The van der Waals surface area contributed by atoms with Crippen molar-refractivity contribution in [3.63, 3.8) is 0 Å². The molecule has 0 spiro atoms. The molecule has 0 fully saturated rings. The Morgan fingerprint density at radius 3 is 2.44 bits per heavy atom. The van der Waals surface area contributed by atoms with Gasteiger partial charge in [-0.2, -0.15) is 0 Å². The van der Waals surface area contributed by atoms with E-state index in [1.807, 2.05) is 30.3 Å². The van der Waals surface area contributed by atoms with E-state index in [1.54, 1.807) is 0 Å². The van der Waals surface area contributed by atoms with Crippen molar-refractivity contribution in [1.29, 1.82) is 0 Å². The summed E-state index contributed by atoms with van der Waals surface area (Å²) in [5.41, 5.74) is 1.32. The number of pyridine rings is 1. The first-order valence-corrected chi connectivity index (χ1v) is 6.60. The lowest BCUT2D eigenvalue weighted by Crippen LogP contribution is -2.00. The Kier molecular flexibility index (Phi) is 2.75. The van der Waals surface area contributed by atoms with Crippen molar-refractivity contribution in [2.24, 2.45) is 0 Å². The molecule has 2 aromatic rings. The minimum atomic E-state index is -3.25. The SMILES string of the molecule is CS(=O)(=O)c1ccn[c]c1-c1ccccc1. The first kappa shape index (κ1) is 10.8. The van der Waals surface area contributed by atoms with Crippen molar-refractivity contribution in [1.82, 2.24) is 4.98 Å². The van der Waals surface area contributed by atoms with Gasteiger partial charge in [0.1, 0.15) is 0 Å². The molecule has 0 atom stereocenters. The van der Waals surface area contributed by atoms with Crippen LogP contribution in [-0.2, 0) is 9.84 Å². The number of rotatable bonds is 2. The van der Waals surface area contributed by atoms with Crippen molar-refractivity contribution in [3.05, 3.63) is 48.8 Å². The molecule has 1 aromatic heterocycles. The Labute approximate surface area is 94.7 Å². The van der Waals surface area contributed by atoms with Gasteiger partial charge in [0.05, 0.1) is 11.1 Å². The molecule has 81 valence electrons. The van der Waals surface area contributed by atoms with E-state index in [2.05, 4.69) is 11.2 Å². The van der Waals surface area contributed by atoms with Gasteiger partial charge < -0.3 is 0 Å². The van der Waals surface area contributed by atoms with E-state index in [1.165, 1.54) is 18.5 Å². The molecule has 16 heavy (non-hydrogen) atoms. The van der Waals surface area contributed by atoms with E-state index in [0.717, 1.165) is 5.56 Å². The van der Waals surface area contributed by atoms with Gasteiger partial charge in [-0.3, -0.25) is 4.98 Å². The van der Waals surface area contributed by atoms with Gasteiger partial charge in [0, 0.05) is 18.0 Å². The fraction of sp³-hybridized carbons (Fsp3) is 0.0833. The van der Waals surface area contributed by atoms with Crippen LogP contribution in [0.4, 0.5) is 0 Å². The summed E-state index contributed by atoms with van der Waals surface area (Å²) in [6.45, 7) is 0. The third-order valence-corrected chi connectivity index (χ3v) is 3.32. The van der Waals surface area contributed by atoms with Gasteiger partial charge in [-0.1, -0.05) is 30.3 Å². The average Bonchev–Trinajstić information content (AvgIpc) is 2.29. The summed E-state index contributed by atoms with van der Waals surface area (Å²) in [6.07, 6.45) is 5.35. The molecule has 0 aliphatic heterocycles. The monoisotopic (exact) mass is 232 g/mol. The van der Waals surface area contributed by atoms with E-state index in [9.17, 15) is 8.42 Å². The summed E-state index contributed by atoms with van der Waals surface area (Å²) in [5.74, 6) is 0. The van der Waals surface area contributed by atoms with E-state index in [-0.39, 0.29) is 4.90 Å². The second-order valence-electron chi connectivity index (χ2n) is 3.43. The van der Waals surface area contributed by atoms with Gasteiger partial charge in [-0.05, 0) is 11.6 Å². The van der Waals surface area contributed by atoms with Crippen molar-refractivity contribution >= 4 is 9.84 Å². The first-order valence-electron chi connectivity index (χ1n) is 4.71. The zero-order chi connectivity index (χ0) is 11.6. The highest BCUT2D eigenvalue weighted by molar-refractivity contribution is 7.90. The highest BCUT2D eigenvalue weighted by Gasteiger charge is 2.14. The predicted octanol–water partition coefficient (Wildman–Crippen LogP) is 1.95. The second-order valence-corrected chi connectivity index (χ2v) is 5.42. The molecule has 0 aliphatic carbocycles. The summed E-state index contributed by atoms with van der Waals surface area (Å²) in [5, 5.41) is 0. The molecule has 0 saturated carbocycles. The minimum Gasteiger partial charge on any atom is -0.254 e. The Morgan fingerprint density at radius 2 is 1.81 bits per heavy atom. The molecule has 0 saturated heterocycles. The van der Waals surface area contributed by atoms with Gasteiger partial charge in [-0.25, -0.2) is 8.42 Å². The van der Waals surface area contributed by atoms with Crippen molar-refractivity contribution in [3.8, 4) is 11.1 Å². The van der Waals surface area contributed by atoms with Gasteiger partial charge in [0.25, 0.3) is 0 Å². The van der Waals surface area contributed by atoms with Crippen LogP contribution in [0.25, 0.3) is 11.1 Å². The zero-order valence-corrected chi connectivity index (χ0v) is 9.53. The minimum absolute atomic E-state index is 0.258. The molecule has 1 heterocycles. The summed E-state index contributed by atoms with van der Waals surface area (Å²) in [7, 11) is -3.25. The normalized spacial score (nSPS) is 11.3. The molecule has 4 heteroatoms. The highest BCUT2D eigenvalue weighted by Crippen LogP contribution is 2.25. The van der Waals surface area contributed by atoms with Gasteiger partial charge in [-0.15, -0.1) is 0 Å². The lowest BCUT2D eigenvalue weighted by Gasteiger charge is -2.05. The standard InChI is InChI=1S/C12H10NO2S/c1-16(14,15)12-7-8-13-9-11(12)10-5-3-2-4-6-10/h2-8H,1H3. The molecule has 1 radical (unpaired) electrons. The number of benzene rings is 1. The molecule has 1 aromatic carbocycles. The molecule has 0 aliphatic rings. The van der Waals surface area contributed by atoms with Crippen LogP contribution in [0.5, 0.6) is 0 Å². The largest absolute Gasteiger partial charge is 0.254 e. The average molecular weight is 232 g/mol. The Morgan fingerprint density at radius 1 is 1.12 bits per heavy atom.